The van der Waals surface area contributed by atoms with Crippen LogP contribution in [-0.2, 0) is 0 Å². The zero-order valence-corrected chi connectivity index (χ0v) is 9.42. The molecule has 1 aromatic rings. The quantitative estimate of drug-likeness (QED) is 0.847. The molecular formula is C13H18FNO. The van der Waals surface area contributed by atoms with Crippen molar-refractivity contribution in [2.24, 2.45) is 0 Å². The number of ether oxygens (including phenoxy) is 1. The van der Waals surface area contributed by atoms with Crippen molar-refractivity contribution < 1.29 is 9.13 Å². The highest BCUT2D eigenvalue weighted by atomic mass is 19.1. The van der Waals surface area contributed by atoms with Crippen molar-refractivity contribution in [1.29, 1.82) is 0 Å². The van der Waals surface area contributed by atoms with Crippen LogP contribution in [0.15, 0.2) is 24.3 Å². The monoisotopic (exact) mass is 223 g/mol. The second-order valence-corrected chi connectivity index (χ2v) is 4.24. The highest BCUT2D eigenvalue weighted by molar-refractivity contribution is 5.22. The van der Waals surface area contributed by atoms with E-state index in [2.05, 4.69) is 5.32 Å². The summed E-state index contributed by atoms with van der Waals surface area (Å²) in [5.41, 5.74) is 0. The number of halogens is 1. The molecule has 1 atom stereocenters. The smallest absolute Gasteiger partial charge is 0.126 e. The van der Waals surface area contributed by atoms with E-state index >= 15 is 0 Å². The van der Waals surface area contributed by atoms with Crippen molar-refractivity contribution in [3.63, 3.8) is 0 Å². The van der Waals surface area contributed by atoms with Gasteiger partial charge in [-0.05, 0) is 37.9 Å². The number of hydrogen-bond acceptors (Lipinski definition) is 2. The average Bonchev–Trinajstić information content (AvgIpc) is 2.30. The molecule has 16 heavy (non-hydrogen) atoms. The first-order valence-electron chi connectivity index (χ1n) is 5.96. The normalized spacial score (nSPS) is 20.7. The van der Waals surface area contributed by atoms with Gasteiger partial charge in [0.15, 0.2) is 0 Å². The van der Waals surface area contributed by atoms with E-state index in [1.165, 1.54) is 31.4 Å². The standard InChI is InChI=1S/C13H18FNO/c14-11-4-3-6-13(10-11)16-9-7-12-5-1-2-8-15-12/h3-4,6,10,12,15H,1-2,5,7-9H2/t12-/m0/s1. The summed E-state index contributed by atoms with van der Waals surface area (Å²) in [7, 11) is 0. The Balaban J connectivity index is 1.71. The summed E-state index contributed by atoms with van der Waals surface area (Å²) in [6.45, 7) is 1.77. The molecule has 1 N–H and O–H groups in total. The molecule has 0 bridgehead atoms. The Kier molecular flexibility index (Phi) is 4.17. The Morgan fingerprint density at radius 2 is 2.31 bits per heavy atom. The maximum Gasteiger partial charge on any atom is 0.126 e. The van der Waals surface area contributed by atoms with Crippen LogP contribution in [0.4, 0.5) is 4.39 Å². The van der Waals surface area contributed by atoms with Gasteiger partial charge in [-0.3, -0.25) is 0 Å². The summed E-state index contributed by atoms with van der Waals surface area (Å²) >= 11 is 0. The van der Waals surface area contributed by atoms with Crippen LogP contribution in [0.3, 0.4) is 0 Å². The van der Waals surface area contributed by atoms with Gasteiger partial charge in [0.2, 0.25) is 0 Å². The van der Waals surface area contributed by atoms with Crippen molar-refractivity contribution >= 4 is 0 Å². The Hall–Kier alpha value is -1.09. The molecule has 1 saturated heterocycles. The lowest BCUT2D eigenvalue weighted by Crippen LogP contribution is -2.35. The highest BCUT2D eigenvalue weighted by Crippen LogP contribution is 2.14. The molecule has 2 rings (SSSR count). The molecule has 0 spiro atoms. The first-order chi connectivity index (χ1) is 7.84. The Morgan fingerprint density at radius 3 is 3.06 bits per heavy atom. The predicted molar refractivity (Wildman–Crippen MR) is 62.2 cm³/mol. The van der Waals surface area contributed by atoms with Crippen LogP contribution in [0.2, 0.25) is 0 Å². The number of rotatable bonds is 4. The Labute approximate surface area is 95.8 Å². The van der Waals surface area contributed by atoms with Gasteiger partial charge in [0.05, 0.1) is 6.61 Å². The molecule has 1 fully saturated rings. The fourth-order valence-corrected chi connectivity index (χ4v) is 2.05. The van der Waals surface area contributed by atoms with Gasteiger partial charge < -0.3 is 10.1 Å². The lowest BCUT2D eigenvalue weighted by molar-refractivity contribution is 0.267. The molecule has 1 aliphatic rings. The molecule has 1 aliphatic heterocycles. The number of piperidine rings is 1. The van der Waals surface area contributed by atoms with Crippen molar-refractivity contribution in [2.75, 3.05) is 13.2 Å². The highest BCUT2D eigenvalue weighted by Gasteiger charge is 2.11. The minimum absolute atomic E-state index is 0.242. The third-order valence-electron chi connectivity index (χ3n) is 2.94. The second kappa shape index (κ2) is 5.85. The summed E-state index contributed by atoms with van der Waals surface area (Å²) in [5.74, 6) is 0.379. The second-order valence-electron chi connectivity index (χ2n) is 4.24. The summed E-state index contributed by atoms with van der Waals surface area (Å²) in [5, 5.41) is 3.46. The van der Waals surface area contributed by atoms with E-state index in [0.29, 0.717) is 18.4 Å². The Bertz CT molecular complexity index is 323. The largest absolute Gasteiger partial charge is 0.493 e. The summed E-state index contributed by atoms with van der Waals surface area (Å²) in [6, 6.07) is 6.88. The van der Waals surface area contributed by atoms with Crippen molar-refractivity contribution in [3.05, 3.63) is 30.1 Å². The van der Waals surface area contributed by atoms with Crippen molar-refractivity contribution in [1.82, 2.24) is 5.32 Å². The topological polar surface area (TPSA) is 21.3 Å². The molecule has 0 amide bonds. The van der Waals surface area contributed by atoms with E-state index < -0.39 is 0 Å². The molecule has 0 aliphatic carbocycles. The van der Waals surface area contributed by atoms with Gasteiger partial charge in [-0.25, -0.2) is 4.39 Å². The van der Waals surface area contributed by atoms with Crippen LogP contribution in [0.25, 0.3) is 0 Å². The zero-order chi connectivity index (χ0) is 11.2. The van der Waals surface area contributed by atoms with E-state index in [0.717, 1.165) is 13.0 Å². The lowest BCUT2D eigenvalue weighted by atomic mass is 10.0. The molecule has 0 radical (unpaired) electrons. The van der Waals surface area contributed by atoms with E-state index in [1.54, 1.807) is 12.1 Å². The number of nitrogens with one attached hydrogen (secondary N) is 1. The van der Waals surface area contributed by atoms with E-state index in [-0.39, 0.29) is 5.82 Å². The van der Waals surface area contributed by atoms with E-state index in [4.69, 9.17) is 4.74 Å². The SMILES string of the molecule is Fc1cccc(OCC[C@@H]2CCCCN2)c1. The molecule has 2 nitrogen and oxygen atoms in total. The predicted octanol–water partition coefficient (Wildman–Crippen LogP) is 2.74. The first kappa shape index (κ1) is 11.4. The van der Waals surface area contributed by atoms with E-state index in [1.807, 2.05) is 0 Å². The van der Waals surface area contributed by atoms with Crippen LogP contribution in [0.5, 0.6) is 5.75 Å². The molecule has 0 unspecified atom stereocenters. The van der Waals surface area contributed by atoms with Crippen molar-refractivity contribution in [2.45, 2.75) is 31.7 Å². The van der Waals surface area contributed by atoms with Gasteiger partial charge in [0, 0.05) is 12.1 Å². The maximum absolute atomic E-state index is 12.9. The molecule has 0 saturated carbocycles. The first-order valence-corrected chi connectivity index (χ1v) is 5.96. The summed E-state index contributed by atoms with van der Waals surface area (Å²) in [6.07, 6.45) is 4.81. The van der Waals surface area contributed by atoms with Crippen LogP contribution in [-0.4, -0.2) is 19.2 Å². The molecule has 1 aromatic carbocycles. The molecule has 88 valence electrons. The minimum Gasteiger partial charge on any atom is -0.493 e. The van der Waals surface area contributed by atoms with Crippen LogP contribution >= 0.6 is 0 Å². The fourth-order valence-electron chi connectivity index (χ4n) is 2.05. The Morgan fingerprint density at radius 1 is 1.38 bits per heavy atom. The van der Waals surface area contributed by atoms with E-state index in [9.17, 15) is 4.39 Å². The minimum atomic E-state index is -0.242. The number of hydrogen-bond donors (Lipinski definition) is 1. The van der Waals surface area contributed by atoms with Gasteiger partial charge in [0.1, 0.15) is 11.6 Å². The van der Waals surface area contributed by atoms with Gasteiger partial charge >= 0.3 is 0 Å². The lowest BCUT2D eigenvalue weighted by Gasteiger charge is -2.23. The fraction of sp³-hybridized carbons (Fsp3) is 0.538. The average molecular weight is 223 g/mol. The van der Waals surface area contributed by atoms with Crippen LogP contribution in [0.1, 0.15) is 25.7 Å². The molecule has 3 heteroatoms. The van der Waals surface area contributed by atoms with Gasteiger partial charge in [-0.15, -0.1) is 0 Å². The van der Waals surface area contributed by atoms with Crippen LogP contribution in [0, 0.1) is 5.82 Å². The van der Waals surface area contributed by atoms with Gasteiger partial charge in [-0.1, -0.05) is 12.5 Å². The third kappa shape index (κ3) is 3.49. The third-order valence-corrected chi connectivity index (χ3v) is 2.94. The van der Waals surface area contributed by atoms with Gasteiger partial charge in [-0.2, -0.15) is 0 Å². The van der Waals surface area contributed by atoms with Gasteiger partial charge in [0.25, 0.3) is 0 Å². The van der Waals surface area contributed by atoms with Crippen molar-refractivity contribution in [3.8, 4) is 5.75 Å². The zero-order valence-electron chi connectivity index (χ0n) is 9.42. The molecule has 1 heterocycles. The van der Waals surface area contributed by atoms with Crippen LogP contribution < -0.4 is 10.1 Å². The summed E-state index contributed by atoms with van der Waals surface area (Å²) in [4.78, 5) is 0. The maximum atomic E-state index is 12.9. The number of benzene rings is 1. The summed E-state index contributed by atoms with van der Waals surface area (Å²) < 4.78 is 18.4. The molecule has 0 aromatic heterocycles. The molecular weight excluding hydrogens is 205 g/mol.